The first-order valence-corrected chi connectivity index (χ1v) is 9.19. The van der Waals surface area contributed by atoms with Crippen LogP contribution in [-0.4, -0.2) is 33.0 Å². The van der Waals surface area contributed by atoms with Gasteiger partial charge in [0.1, 0.15) is 6.04 Å². The van der Waals surface area contributed by atoms with Gasteiger partial charge in [0.15, 0.2) is 12.4 Å². The summed E-state index contributed by atoms with van der Waals surface area (Å²) >= 11 is 0. The Bertz CT molecular complexity index is 802. The lowest BCUT2D eigenvalue weighted by molar-refractivity contribution is -0.148. The molecule has 1 saturated carbocycles. The van der Waals surface area contributed by atoms with E-state index in [4.69, 9.17) is 10.5 Å². The zero-order valence-corrected chi connectivity index (χ0v) is 14.9. The van der Waals surface area contributed by atoms with Crippen LogP contribution in [-0.2, 0) is 16.1 Å². The Morgan fingerprint density at radius 2 is 1.96 bits per heavy atom. The van der Waals surface area contributed by atoms with Gasteiger partial charge in [0, 0.05) is 17.6 Å². The maximum absolute atomic E-state index is 12.5. The quantitative estimate of drug-likeness (QED) is 0.576. The third-order valence-electron chi connectivity index (χ3n) is 5.00. The van der Waals surface area contributed by atoms with Gasteiger partial charge < -0.3 is 15.8 Å². The summed E-state index contributed by atoms with van der Waals surface area (Å²) in [6, 6.07) is 9.49. The number of carbonyl (C=O) groups excluding carboxylic acids is 1. The molecule has 1 aliphatic heterocycles. The van der Waals surface area contributed by atoms with Gasteiger partial charge in [0.2, 0.25) is 11.9 Å². The number of nitrogens with two attached hydrogens (primary N) is 1. The molecule has 2 fully saturated rings. The fourth-order valence-electron chi connectivity index (χ4n) is 3.71. The van der Waals surface area contributed by atoms with Crippen LogP contribution in [0.25, 0.3) is 0 Å². The van der Waals surface area contributed by atoms with Gasteiger partial charge in [-0.15, -0.1) is 0 Å². The molecular formula is C18H23N7O2. The summed E-state index contributed by atoms with van der Waals surface area (Å²) in [5.41, 5.74) is 12.9. The number of ether oxygens (including phenoxy) is 1. The molecule has 9 heteroatoms. The molecule has 0 bridgehead atoms. The third-order valence-corrected chi connectivity index (χ3v) is 5.00. The van der Waals surface area contributed by atoms with Crippen molar-refractivity contribution in [2.45, 2.75) is 44.4 Å². The topological polar surface area (TPSA) is 127 Å². The van der Waals surface area contributed by atoms with E-state index in [1.165, 1.54) is 6.42 Å². The SMILES string of the molecule is Nc1nc(COC(=O)C2NNC3CCCCC32)nc(Nc2ccccc2)n1. The number of para-hydroxylation sites is 1. The smallest absolute Gasteiger partial charge is 0.325 e. The predicted molar refractivity (Wildman–Crippen MR) is 99.6 cm³/mol. The van der Waals surface area contributed by atoms with Crippen LogP contribution in [0.2, 0.25) is 0 Å². The number of nitrogen functional groups attached to an aromatic ring is 1. The maximum Gasteiger partial charge on any atom is 0.325 e. The number of hydrazine groups is 1. The molecule has 0 radical (unpaired) electrons. The Kier molecular flexibility index (Phi) is 5.12. The Labute approximate surface area is 157 Å². The number of anilines is 3. The lowest BCUT2D eigenvalue weighted by atomic mass is 9.82. The molecule has 0 amide bonds. The van der Waals surface area contributed by atoms with Crippen LogP contribution in [0.3, 0.4) is 0 Å². The zero-order valence-electron chi connectivity index (χ0n) is 14.9. The van der Waals surface area contributed by atoms with Gasteiger partial charge in [0.05, 0.1) is 0 Å². The fraction of sp³-hybridized carbons (Fsp3) is 0.444. The third kappa shape index (κ3) is 4.15. The highest BCUT2D eigenvalue weighted by atomic mass is 16.5. The normalized spacial score (nSPS) is 24.2. The number of aromatic nitrogens is 3. The van der Waals surface area contributed by atoms with Crippen molar-refractivity contribution < 1.29 is 9.53 Å². The predicted octanol–water partition coefficient (Wildman–Crippen LogP) is 1.28. The second-order valence-corrected chi connectivity index (χ2v) is 6.85. The molecule has 142 valence electrons. The Hall–Kier alpha value is -2.78. The van der Waals surface area contributed by atoms with E-state index in [1.807, 2.05) is 30.3 Å². The molecule has 3 unspecified atom stereocenters. The van der Waals surface area contributed by atoms with Crippen LogP contribution in [0, 0.1) is 5.92 Å². The van der Waals surface area contributed by atoms with Crippen molar-refractivity contribution in [2.24, 2.45) is 5.92 Å². The standard InChI is InChI=1S/C18H23N7O2/c19-17-21-14(22-18(23-17)20-11-6-2-1-3-7-11)10-27-16(26)15-12-8-4-5-9-13(12)24-25-15/h1-3,6-7,12-13,15,24-25H,4-5,8-10H2,(H3,19,20,21,22,23). The van der Waals surface area contributed by atoms with Crippen LogP contribution < -0.4 is 21.9 Å². The minimum Gasteiger partial charge on any atom is -0.456 e. The monoisotopic (exact) mass is 369 g/mol. The van der Waals surface area contributed by atoms with E-state index in [2.05, 4.69) is 31.1 Å². The highest BCUT2D eigenvalue weighted by Gasteiger charge is 2.41. The summed E-state index contributed by atoms with van der Waals surface area (Å²) in [6.07, 6.45) is 4.44. The second kappa shape index (κ2) is 7.85. The maximum atomic E-state index is 12.5. The van der Waals surface area contributed by atoms with Gasteiger partial charge in [-0.1, -0.05) is 31.0 Å². The summed E-state index contributed by atoms with van der Waals surface area (Å²) in [6.45, 7) is -0.0510. The second-order valence-electron chi connectivity index (χ2n) is 6.85. The van der Waals surface area contributed by atoms with E-state index in [9.17, 15) is 4.79 Å². The molecule has 4 rings (SSSR count). The summed E-state index contributed by atoms with van der Waals surface area (Å²) in [7, 11) is 0. The molecule has 3 atom stereocenters. The van der Waals surface area contributed by atoms with Crippen molar-refractivity contribution in [3.8, 4) is 0 Å². The van der Waals surface area contributed by atoms with Gasteiger partial charge >= 0.3 is 5.97 Å². The molecule has 1 aromatic carbocycles. The minimum absolute atomic E-state index is 0.0510. The van der Waals surface area contributed by atoms with Gasteiger partial charge in [-0.3, -0.25) is 10.2 Å². The number of nitrogens with one attached hydrogen (secondary N) is 3. The zero-order chi connectivity index (χ0) is 18.6. The summed E-state index contributed by atoms with van der Waals surface area (Å²) in [4.78, 5) is 24.9. The molecule has 1 saturated heterocycles. The number of hydrogen-bond acceptors (Lipinski definition) is 9. The molecule has 5 N–H and O–H groups in total. The van der Waals surface area contributed by atoms with Crippen molar-refractivity contribution in [3.05, 3.63) is 36.2 Å². The highest BCUT2D eigenvalue weighted by molar-refractivity contribution is 5.76. The Morgan fingerprint density at radius 3 is 2.81 bits per heavy atom. The number of fused-ring (bicyclic) bond motifs is 1. The first-order chi connectivity index (χ1) is 13.2. The van der Waals surface area contributed by atoms with Crippen molar-refractivity contribution in [1.82, 2.24) is 25.8 Å². The van der Waals surface area contributed by atoms with Gasteiger partial charge in [0.25, 0.3) is 0 Å². The molecule has 1 aliphatic carbocycles. The Balaban J connectivity index is 1.38. The van der Waals surface area contributed by atoms with Crippen LogP contribution in [0.15, 0.2) is 30.3 Å². The van der Waals surface area contributed by atoms with Crippen LogP contribution in [0.4, 0.5) is 17.6 Å². The highest BCUT2D eigenvalue weighted by Crippen LogP contribution is 2.30. The largest absolute Gasteiger partial charge is 0.456 e. The molecule has 2 aliphatic rings. The van der Waals surface area contributed by atoms with Crippen molar-refractivity contribution in [3.63, 3.8) is 0 Å². The molecule has 1 aromatic heterocycles. The van der Waals surface area contributed by atoms with E-state index in [1.54, 1.807) is 0 Å². The Morgan fingerprint density at radius 1 is 1.15 bits per heavy atom. The summed E-state index contributed by atoms with van der Waals surface area (Å²) in [5, 5.41) is 3.06. The number of hydrogen-bond donors (Lipinski definition) is 4. The number of benzene rings is 1. The average molecular weight is 369 g/mol. The lowest BCUT2D eigenvalue weighted by Crippen LogP contribution is -2.40. The van der Waals surface area contributed by atoms with E-state index in [0.717, 1.165) is 24.9 Å². The number of rotatable bonds is 5. The van der Waals surface area contributed by atoms with Gasteiger partial charge in [-0.2, -0.15) is 15.0 Å². The van der Waals surface area contributed by atoms with Crippen LogP contribution in [0.1, 0.15) is 31.5 Å². The number of nitrogens with zero attached hydrogens (tertiary/aromatic N) is 3. The molecule has 0 spiro atoms. The number of carbonyl (C=O) groups is 1. The van der Waals surface area contributed by atoms with E-state index in [0.29, 0.717) is 17.8 Å². The molecule has 27 heavy (non-hydrogen) atoms. The fourth-order valence-corrected chi connectivity index (χ4v) is 3.71. The summed E-state index contributed by atoms with van der Waals surface area (Å²) in [5.74, 6) is 0.661. The van der Waals surface area contributed by atoms with Crippen molar-refractivity contribution >= 4 is 23.6 Å². The summed E-state index contributed by atoms with van der Waals surface area (Å²) < 4.78 is 5.44. The van der Waals surface area contributed by atoms with E-state index >= 15 is 0 Å². The minimum atomic E-state index is -0.337. The molecule has 9 nitrogen and oxygen atoms in total. The van der Waals surface area contributed by atoms with Crippen LogP contribution in [0.5, 0.6) is 0 Å². The van der Waals surface area contributed by atoms with E-state index in [-0.39, 0.29) is 30.5 Å². The van der Waals surface area contributed by atoms with Crippen molar-refractivity contribution in [1.29, 1.82) is 0 Å². The van der Waals surface area contributed by atoms with Gasteiger partial charge in [-0.25, -0.2) is 5.43 Å². The molecule has 2 aromatic rings. The first-order valence-electron chi connectivity index (χ1n) is 9.19. The number of esters is 1. The average Bonchev–Trinajstić information content (AvgIpc) is 3.11. The molecule has 2 heterocycles. The van der Waals surface area contributed by atoms with Crippen LogP contribution >= 0.6 is 0 Å². The van der Waals surface area contributed by atoms with E-state index < -0.39 is 0 Å². The van der Waals surface area contributed by atoms with Gasteiger partial charge in [-0.05, 0) is 25.0 Å². The van der Waals surface area contributed by atoms with Crippen molar-refractivity contribution in [2.75, 3.05) is 11.1 Å². The lowest BCUT2D eigenvalue weighted by Gasteiger charge is -2.26. The molecular weight excluding hydrogens is 346 g/mol. The first kappa shape index (κ1) is 17.6.